The summed E-state index contributed by atoms with van der Waals surface area (Å²) in [6, 6.07) is 12.9. The van der Waals surface area contributed by atoms with Crippen molar-refractivity contribution in [3.63, 3.8) is 0 Å². The summed E-state index contributed by atoms with van der Waals surface area (Å²) in [5, 5.41) is 9.16. The standard InChI is InChI=1S/C32H34FNO6S/c1-18-10-23(38-16-20-14-34(15-20)41(3)37)11-19(2)31(18)25-6-8-27(33)32-26(25)7-9-28(32)40-22-4-5-24-21(12-30(35)36)17-39-29(24)13-22/h4-6,8,10-11,13,20-21,28H,7,9,12,14-17H2,1-3H3,(H,35,36)/t21-,28-,41?/m1/s1. The number of ether oxygens (including phenoxy) is 3. The Kier molecular flexibility index (Phi) is 7.50. The van der Waals surface area contributed by atoms with Crippen LogP contribution in [-0.4, -0.2) is 52.1 Å². The molecule has 1 fully saturated rings. The molecule has 41 heavy (non-hydrogen) atoms. The minimum Gasteiger partial charge on any atom is -0.493 e. The van der Waals surface area contributed by atoms with Gasteiger partial charge in [0, 0.05) is 48.4 Å². The van der Waals surface area contributed by atoms with Crippen LogP contribution in [0.5, 0.6) is 17.2 Å². The van der Waals surface area contributed by atoms with E-state index in [1.54, 1.807) is 12.3 Å². The zero-order valence-corrected chi connectivity index (χ0v) is 24.3. The molecule has 1 unspecified atom stereocenters. The van der Waals surface area contributed by atoms with Crippen molar-refractivity contribution in [2.45, 2.75) is 45.1 Å². The topological polar surface area (TPSA) is 85.3 Å². The lowest BCUT2D eigenvalue weighted by molar-refractivity contribution is -0.137. The molecule has 0 bridgehead atoms. The van der Waals surface area contributed by atoms with Crippen LogP contribution in [0, 0.1) is 25.6 Å². The first-order valence-electron chi connectivity index (χ1n) is 14.0. The van der Waals surface area contributed by atoms with Gasteiger partial charge in [0.15, 0.2) is 0 Å². The normalized spacial score (nSPS) is 20.6. The molecule has 3 aromatic rings. The summed E-state index contributed by atoms with van der Waals surface area (Å²) in [6.45, 7) is 6.60. The van der Waals surface area contributed by atoms with Crippen LogP contribution in [0.4, 0.5) is 4.39 Å². The van der Waals surface area contributed by atoms with Crippen LogP contribution in [0.3, 0.4) is 0 Å². The number of nitrogens with zero attached hydrogens (tertiary/aromatic N) is 1. The van der Waals surface area contributed by atoms with E-state index < -0.39 is 23.1 Å². The molecule has 6 rings (SSSR count). The van der Waals surface area contributed by atoms with E-state index in [0.717, 1.165) is 52.2 Å². The number of rotatable bonds is 9. The molecule has 2 aliphatic heterocycles. The molecule has 0 spiro atoms. The number of carboxylic acid groups (broad SMARTS) is 1. The number of hydrogen-bond donors (Lipinski definition) is 1. The van der Waals surface area contributed by atoms with E-state index in [-0.39, 0.29) is 18.2 Å². The molecule has 0 amide bonds. The molecule has 9 heteroatoms. The fourth-order valence-electron chi connectivity index (χ4n) is 6.38. The van der Waals surface area contributed by atoms with Gasteiger partial charge in [-0.15, -0.1) is 0 Å². The Balaban J connectivity index is 1.20. The van der Waals surface area contributed by atoms with E-state index in [2.05, 4.69) is 13.8 Å². The number of aliphatic carboxylic acids is 1. The third-order valence-electron chi connectivity index (χ3n) is 8.40. The number of benzene rings is 3. The van der Waals surface area contributed by atoms with Crippen LogP contribution >= 0.6 is 0 Å². The monoisotopic (exact) mass is 579 g/mol. The highest BCUT2D eigenvalue weighted by atomic mass is 32.2. The van der Waals surface area contributed by atoms with Crippen LogP contribution in [0.2, 0.25) is 0 Å². The fourth-order valence-corrected chi connectivity index (χ4v) is 7.23. The molecule has 1 N–H and O–H groups in total. The minimum absolute atomic E-state index is 0.0184. The highest BCUT2D eigenvalue weighted by Gasteiger charge is 2.33. The number of carboxylic acids is 1. The van der Waals surface area contributed by atoms with E-state index in [4.69, 9.17) is 19.3 Å². The molecule has 0 saturated carbocycles. The van der Waals surface area contributed by atoms with Crippen LogP contribution in [0.25, 0.3) is 11.1 Å². The average Bonchev–Trinajstić information content (AvgIpc) is 3.48. The van der Waals surface area contributed by atoms with Gasteiger partial charge in [-0.05, 0) is 78.8 Å². The number of halogens is 1. The van der Waals surface area contributed by atoms with Crippen molar-refractivity contribution >= 4 is 17.0 Å². The van der Waals surface area contributed by atoms with Crippen molar-refractivity contribution in [3.05, 3.63) is 76.1 Å². The van der Waals surface area contributed by atoms with Gasteiger partial charge in [-0.25, -0.2) is 12.9 Å². The van der Waals surface area contributed by atoms with Crippen molar-refractivity contribution < 1.29 is 32.7 Å². The highest BCUT2D eigenvalue weighted by molar-refractivity contribution is 7.81. The second-order valence-electron chi connectivity index (χ2n) is 11.3. The molecule has 3 atom stereocenters. The van der Waals surface area contributed by atoms with Crippen molar-refractivity contribution in [1.29, 1.82) is 0 Å². The van der Waals surface area contributed by atoms with Gasteiger partial charge >= 0.3 is 5.97 Å². The van der Waals surface area contributed by atoms with Crippen molar-refractivity contribution in [2.75, 3.05) is 32.6 Å². The number of hydrogen-bond acceptors (Lipinski definition) is 5. The maximum absolute atomic E-state index is 15.3. The fraction of sp³-hybridized carbons (Fsp3) is 0.406. The van der Waals surface area contributed by atoms with Crippen LogP contribution in [0.1, 0.15) is 52.7 Å². The lowest BCUT2D eigenvalue weighted by Gasteiger charge is -2.36. The summed E-state index contributed by atoms with van der Waals surface area (Å²) in [5.74, 6) is 1.08. The summed E-state index contributed by atoms with van der Waals surface area (Å²) in [4.78, 5) is 11.2. The molecular weight excluding hydrogens is 545 g/mol. The van der Waals surface area contributed by atoms with Gasteiger partial charge in [-0.2, -0.15) is 0 Å². The molecule has 2 heterocycles. The summed E-state index contributed by atoms with van der Waals surface area (Å²) in [6.07, 6.45) is 2.64. The maximum Gasteiger partial charge on any atom is 0.304 e. The third-order valence-corrected chi connectivity index (χ3v) is 9.42. The maximum atomic E-state index is 15.3. The summed E-state index contributed by atoms with van der Waals surface area (Å²) in [5.41, 5.74) is 6.66. The zero-order chi connectivity index (χ0) is 28.8. The Hall–Kier alpha value is -3.43. The predicted molar refractivity (Wildman–Crippen MR) is 155 cm³/mol. The van der Waals surface area contributed by atoms with Crippen molar-refractivity contribution in [3.8, 4) is 28.4 Å². The van der Waals surface area contributed by atoms with E-state index in [9.17, 15) is 9.00 Å². The molecular formula is C32H34FNO6S. The minimum atomic E-state index is -0.925. The number of fused-ring (bicyclic) bond motifs is 2. The Morgan fingerprint density at radius 2 is 1.88 bits per heavy atom. The highest BCUT2D eigenvalue weighted by Crippen LogP contribution is 2.45. The van der Waals surface area contributed by atoms with Gasteiger partial charge in [0.25, 0.3) is 0 Å². The van der Waals surface area contributed by atoms with Gasteiger partial charge < -0.3 is 19.3 Å². The van der Waals surface area contributed by atoms with Gasteiger partial charge in [0.2, 0.25) is 0 Å². The van der Waals surface area contributed by atoms with Crippen LogP contribution in [0.15, 0.2) is 42.5 Å². The molecule has 3 aromatic carbocycles. The quantitative estimate of drug-likeness (QED) is 0.349. The summed E-state index contributed by atoms with van der Waals surface area (Å²) >= 11 is 0. The molecule has 1 saturated heterocycles. The largest absolute Gasteiger partial charge is 0.493 e. The zero-order valence-electron chi connectivity index (χ0n) is 23.4. The molecule has 1 aliphatic carbocycles. The summed E-state index contributed by atoms with van der Waals surface area (Å²) < 4.78 is 46.9. The number of carbonyl (C=O) groups is 1. The molecule has 0 aromatic heterocycles. The second kappa shape index (κ2) is 11.1. The first-order chi connectivity index (χ1) is 19.7. The van der Waals surface area contributed by atoms with E-state index in [1.165, 1.54) is 6.07 Å². The average molecular weight is 580 g/mol. The van der Waals surface area contributed by atoms with Crippen molar-refractivity contribution in [1.82, 2.24) is 4.31 Å². The van der Waals surface area contributed by atoms with Gasteiger partial charge in [-0.1, -0.05) is 12.1 Å². The smallest absolute Gasteiger partial charge is 0.304 e. The van der Waals surface area contributed by atoms with Gasteiger partial charge in [-0.3, -0.25) is 4.79 Å². The lowest BCUT2D eigenvalue weighted by Crippen LogP contribution is -2.49. The molecule has 7 nitrogen and oxygen atoms in total. The van der Waals surface area contributed by atoms with Crippen LogP contribution in [-0.2, 0) is 22.2 Å². The first-order valence-corrected chi connectivity index (χ1v) is 15.5. The SMILES string of the molecule is Cc1cc(OCC2CN(S(C)=O)C2)cc(C)c1-c1ccc(F)c2c1CC[C@H]2Oc1ccc2c(c1)OC[C@H]2CC(=O)O. The Morgan fingerprint density at radius 1 is 1.12 bits per heavy atom. The third kappa shape index (κ3) is 5.45. The Bertz CT molecular complexity index is 1510. The molecule has 216 valence electrons. The predicted octanol–water partition coefficient (Wildman–Crippen LogP) is 5.73. The second-order valence-corrected chi connectivity index (χ2v) is 12.7. The Morgan fingerprint density at radius 3 is 2.59 bits per heavy atom. The molecule has 3 aliphatic rings. The van der Waals surface area contributed by atoms with Crippen molar-refractivity contribution in [2.24, 2.45) is 5.92 Å². The van der Waals surface area contributed by atoms with E-state index >= 15 is 4.39 Å². The molecule has 0 radical (unpaired) electrons. The van der Waals surface area contributed by atoms with E-state index in [1.807, 2.05) is 34.6 Å². The van der Waals surface area contributed by atoms with Crippen LogP contribution < -0.4 is 14.2 Å². The van der Waals surface area contributed by atoms with Gasteiger partial charge in [0.1, 0.15) is 29.2 Å². The Labute approximate surface area is 241 Å². The summed E-state index contributed by atoms with van der Waals surface area (Å²) in [7, 11) is -0.925. The van der Waals surface area contributed by atoms with Gasteiger partial charge in [0.05, 0.1) is 30.6 Å². The first kappa shape index (κ1) is 27.7. The number of aryl methyl sites for hydroxylation is 2. The van der Waals surface area contributed by atoms with E-state index in [0.29, 0.717) is 49.0 Å². The lowest BCUT2D eigenvalue weighted by atomic mass is 9.90.